The Morgan fingerprint density at radius 3 is 2.47 bits per heavy atom. The lowest BCUT2D eigenvalue weighted by atomic mass is 10.2. The van der Waals surface area contributed by atoms with Crippen molar-refractivity contribution in [2.24, 2.45) is 0 Å². The number of anilines is 1. The van der Waals surface area contributed by atoms with Gasteiger partial charge in [-0.05, 0) is 39.3 Å². The maximum absolute atomic E-state index is 11.6. The van der Waals surface area contributed by atoms with E-state index in [1.807, 2.05) is 39.8 Å². The third-order valence-electron chi connectivity index (χ3n) is 2.05. The van der Waals surface area contributed by atoms with Crippen molar-refractivity contribution < 1.29 is 14.3 Å². The molecular weight excluding hydrogens is 218 g/mol. The maximum atomic E-state index is 11.6. The van der Waals surface area contributed by atoms with Gasteiger partial charge in [-0.1, -0.05) is 12.1 Å². The van der Waals surface area contributed by atoms with Crippen LogP contribution in [0.4, 0.5) is 10.5 Å². The molecule has 1 aromatic carbocycles. The first kappa shape index (κ1) is 13.4. The average molecular weight is 237 g/mol. The number of amides is 1. The van der Waals surface area contributed by atoms with Gasteiger partial charge in [-0.3, -0.25) is 5.32 Å². The zero-order valence-corrected chi connectivity index (χ0v) is 11.0. The molecule has 0 unspecified atom stereocenters. The quantitative estimate of drug-likeness (QED) is 0.858. The summed E-state index contributed by atoms with van der Waals surface area (Å²) in [6.07, 6.45) is -0.485. The van der Waals surface area contributed by atoms with Gasteiger partial charge < -0.3 is 9.47 Å². The molecule has 1 amide bonds. The van der Waals surface area contributed by atoms with Crippen molar-refractivity contribution in [3.63, 3.8) is 0 Å². The lowest BCUT2D eigenvalue weighted by Gasteiger charge is -2.20. The van der Waals surface area contributed by atoms with Gasteiger partial charge in [-0.15, -0.1) is 0 Å². The number of carbonyl (C=O) groups excluding carboxylic acids is 1. The minimum absolute atomic E-state index is 0.485. The minimum Gasteiger partial charge on any atom is -0.494 e. The normalized spacial score (nSPS) is 10.9. The van der Waals surface area contributed by atoms with Crippen LogP contribution in [0.5, 0.6) is 5.75 Å². The van der Waals surface area contributed by atoms with Crippen LogP contribution in [-0.2, 0) is 4.74 Å². The molecule has 0 aliphatic heterocycles. The second kappa shape index (κ2) is 5.08. The van der Waals surface area contributed by atoms with E-state index in [1.54, 1.807) is 13.2 Å². The molecule has 0 saturated carbocycles. The first-order valence-corrected chi connectivity index (χ1v) is 5.47. The van der Waals surface area contributed by atoms with E-state index in [4.69, 9.17) is 9.47 Å². The highest BCUT2D eigenvalue weighted by atomic mass is 16.6. The smallest absolute Gasteiger partial charge is 0.412 e. The van der Waals surface area contributed by atoms with Crippen LogP contribution >= 0.6 is 0 Å². The Kier molecular flexibility index (Phi) is 3.99. The van der Waals surface area contributed by atoms with Crippen molar-refractivity contribution in [2.45, 2.75) is 33.3 Å². The first-order chi connectivity index (χ1) is 7.83. The molecule has 0 aliphatic carbocycles. The Labute approximate surface area is 102 Å². The highest BCUT2D eigenvalue weighted by Crippen LogP contribution is 2.28. The molecule has 1 aromatic rings. The molecule has 0 saturated heterocycles. The Balaban J connectivity index is 2.82. The molecule has 0 spiro atoms. The predicted molar refractivity (Wildman–Crippen MR) is 67.6 cm³/mol. The number of benzene rings is 1. The first-order valence-electron chi connectivity index (χ1n) is 5.47. The number of para-hydroxylation sites is 1. The van der Waals surface area contributed by atoms with Crippen molar-refractivity contribution in [3.05, 3.63) is 23.8 Å². The molecule has 1 N–H and O–H groups in total. The molecule has 0 fully saturated rings. The highest BCUT2D eigenvalue weighted by Gasteiger charge is 2.17. The molecule has 0 aliphatic rings. The molecule has 1 rings (SSSR count). The predicted octanol–water partition coefficient (Wildman–Crippen LogP) is 3.35. The fourth-order valence-corrected chi connectivity index (χ4v) is 1.44. The van der Waals surface area contributed by atoms with Gasteiger partial charge in [0.25, 0.3) is 0 Å². The van der Waals surface area contributed by atoms with E-state index in [0.29, 0.717) is 11.4 Å². The molecule has 17 heavy (non-hydrogen) atoms. The fourth-order valence-electron chi connectivity index (χ4n) is 1.44. The van der Waals surface area contributed by atoms with Crippen LogP contribution < -0.4 is 10.1 Å². The van der Waals surface area contributed by atoms with E-state index in [-0.39, 0.29) is 0 Å². The zero-order valence-electron chi connectivity index (χ0n) is 11.0. The van der Waals surface area contributed by atoms with Gasteiger partial charge in [0, 0.05) is 0 Å². The van der Waals surface area contributed by atoms with Gasteiger partial charge >= 0.3 is 6.09 Å². The summed E-state index contributed by atoms with van der Waals surface area (Å²) in [5.41, 5.74) is 1.06. The van der Waals surface area contributed by atoms with Gasteiger partial charge in [0.05, 0.1) is 12.8 Å². The van der Waals surface area contributed by atoms with Crippen molar-refractivity contribution in [2.75, 3.05) is 12.4 Å². The summed E-state index contributed by atoms with van der Waals surface area (Å²) in [4.78, 5) is 11.6. The molecular formula is C13H19NO3. The summed E-state index contributed by atoms with van der Waals surface area (Å²) < 4.78 is 10.4. The third-order valence-corrected chi connectivity index (χ3v) is 2.05. The number of rotatable bonds is 2. The maximum Gasteiger partial charge on any atom is 0.412 e. The van der Waals surface area contributed by atoms with Crippen LogP contribution in [0.25, 0.3) is 0 Å². The summed E-state index contributed by atoms with van der Waals surface area (Å²) in [7, 11) is 1.57. The third kappa shape index (κ3) is 3.98. The fraction of sp³-hybridized carbons (Fsp3) is 0.462. The van der Waals surface area contributed by atoms with Crippen molar-refractivity contribution in [1.82, 2.24) is 0 Å². The summed E-state index contributed by atoms with van der Waals surface area (Å²) >= 11 is 0. The number of hydrogen-bond acceptors (Lipinski definition) is 3. The molecule has 0 radical (unpaired) electrons. The van der Waals surface area contributed by atoms with Crippen LogP contribution in [0.2, 0.25) is 0 Å². The molecule has 0 heterocycles. The van der Waals surface area contributed by atoms with Crippen LogP contribution in [0.3, 0.4) is 0 Å². The van der Waals surface area contributed by atoms with Gasteiger partial charge in [-0.25, -0.2) is 4.79 Å². The second-order valence-corrected chi connectivity index (χ2v) is 4.78. The monoisotopic (exact) mass is 237 g/mol. The van der Waals surface area contributed by atoms with Crippen LogP contribution in [0, 0.1) is 6.92 Å². The summed E-state index contributed by atoms with van der Waals surface area (Å²) in [5, 5.41) is 2.67. The highest BCUT2D eigenvalue weighted by molar-refractivity contribution is 5.87. The Morgan fingerprint density at radius 2 is 1.94 bits per heavy atom. The summed E-state index contributed by atoms with van der Waals surface area (Å²) in [6.45, 7) is 7.37. The van der Waals surface area contributed by atoms with Gasteiger partial charge in [-0.2, -0.15) is 0 Å². The Morgan fingerprint density at radius 1 is 1.29 bits per heavy atom. The number of nitrogens with one attached hydrogen (secondary N) is 1. The zero-order chi connectivity index (χ0) is 13.1. The van der Waals surface area contributed by atoms with Crippen LogP contribution in [0.1, 0.15) is 26.3 Å². The van der Waals surface area contributed by atoms with Crippen molar-refractivity contribution in [3.8, 4) is 5.75 Å². The number of methoxy groups -OCH3 is 1. The Bertz CT molecular complexity index is 408. The number of carbonyl (C=O) groups is 1. The molecule has 94 valence electrons. The second-order valence-electron chi connectivity index (χ2n) is 4.78. The van der Waals surface area contributed by atoms with E-state index in [9.17, 15) is 4.79 Å². The number of hydrogen-bond donors (Lipinski definition) is 1. The average Bonchev–Trinajstić information content (AvgIpc) is 2.14. The van der Waals surface area contributed by atoms with Crippen molar-refractivity contribution in [1.29, 1.82) is 0 Å². The standard InChI is InChI=1S/C13H19NO3/c1-9-7-6-8-10(11(9)16-5)14-12(15)17-13(2,3)4/h6-8H,1-5H3,(H,14,15). The van der Waals surface area contributed by atoms with E-state index in [2.05, 4.69) is 5.32 Å². The van der Waals surface area contributed by atoms with Crippen LogP contribution in [0.15, 0.2) is 18.2 Å². The molecule has 0 bridgehead atoms. The number of aryl methyl sites for hydroxylation is 1. The number of ether oxygens (including phenoxy) is 2. The largest absolute Gasteiger partial charge is 0.494 e. The lowest BCUT2D eigenvalue weighted by Crippen LogP contribution is -2.27. The molecule has 0 atom stereocenters. The SMILES string of the molecule is COc1c(C)cccc1NC(=O)OC(C)(C)C. The molecule has 4 nitrogen and oxygen atoms in total. The van der Waals surface area contributed by atoms with Gasteiger partial charge in [0.2, 0.25) is 0 Å². The lowest BCUT2D eigenvalue weighted by molar-refractivity contribution is 0.0635. The Hall–Kier alpha value is -1.71. The topological polar surface area (TPSA) is 47.6 Å². The van der Waals surface area contributed by atoms with Gasteiger partial charge in [0.1, 0.15) is 11.4 Å². The van der Waals surface area contributed by atoms with Crippen molar-refractivity contribution >= 4 is 11.8 Å². The van der Waals surface area contributed by atoms with E-state index in [1.165, 1.54) is 0 Å². The van der Waals surface area contributed by atoms with Crippen LogP contribution in [-0.4, -0.2) is 18.8 Å². The van der Waals surface area contributed by atoms with E-state index < -0.39 is 11.7 Å². The summed E-state index contributed by atoms with van der Waals surface area (Å²) in [5.74, 6) is 0.651. The summed E-state index contributed by atoms with van der Waals surface area (Å²) in [6, 6.07) is 5.54. The van der Waals surface area contributed by atoms with E-state index >= 15 is 0 Å². The van der Waals surface area contributed by atoms with Gasteiger partial charge in [0.15, 0.2) is 0 Å². The molecule has 4 heteroatoms. The molecule has 0 aromatic heterocycles. The minimum atomic E-state index is -0.513. The van der Waals surface area contributed by atoms with E-state index in [0.717, 1.165) is 5.56 Å².